The van der Waals surface area contributed by atoms with Crippen LogP contribution in [0, 0.1) is 5.82 Å². The molecule has 0 bridgehead atoms. The van der Waals surface area contributed by atoms with E-state index >= 15 is 0 Å². The normalized spacial score (nSPS) is 10.8. The molecule has 3 rings (SSSR count). The van der Waals surface area contributed by atoms with Crippen LogP contribution in [0.2, 0.25) is 0 Å². The number of phenols is 2. The number of phenolic OH excluding ortho intramolecular Hbond substituents is 2. The molecular formula is C14H8BrFN2O3. The van der Waals surface area contributed by atoms with Crippen molar-refractivity contribution in [1.82, 2.24) is 10.1 Å². The highest BCUT2D eigenvalue weighted by atomic mass is 79.9. The monoisotopic (exact) mass is 350 g/mol. The lowest BCUT2D eigenvalue weighted by Gasteiger charge is -2.01. The van der Waals surface area contributed by atoms with E-state index in [1.165, 1.54) is 36.4 Å². The molecule has 2 N–H and O–H groups in total. The third-order valence-corrected chi connectivity index (χ3v) is 3.45. The Labute approximate surface area is 126 Å². The quantitative estimate of drug-likeness (QED) is 0.736. The van der Waals surface area contributed by atoms with Crippen LogP contribution in [0.25, 0.3) is 22.8 Å². The summed E-state index contributed by atoms with van der Waals surface area (Å²) in [6, 6.07) is 8.56. The zero-order valence-electron chi connectivity index (χ0n) is 10.4. The third kappa shape index (κ3) is 2.47. The van der Waals surface area contributed by atoms with Gasteiger partial charge in [0.05, 0.1) is 4.47 Å². The SMILES string of the molecule is Oc1cccc(O)c1-c1nc(-c2ccc(F)c(Br)c2)no1. The van der Waals surface area contributed by atoms with Crippen molar-refractivity contribution in [3.63, 3.8) is 0 Å². The van der Waals surface area contributed by atoms with Crippen molar-refractivity contribution in [3.8, 4) is 34.3 Å². The van der Waals surface area contributed by atoms with Gasteiger partial charge in [-0.25, -0.2) is 4.39 Å². The molecule has 0 saturated carbocycles. The molecule has 5 nitrogen and oxygen atoms in total. The molecule has 0 atom stereocenters. The number of nitrogens with zero attached hydrogens (tertiary/aromatic N) is 2. The first-order chi connectivity index (χ1) is 10.1. The zero-order valence-corrected chi connectivity index (χ0v) is 12.0. The van der Waals surface area contributed by atoms with E-state index in [0.29, 0.717) is 5.56 Å². The molecule has 3 aromatic rings. The van der Waals surface area contributed by atoms with E-state index in [4.69, 9.17) is 4.52 Å². The molecule has 0 aliphatic rings. The number of rotatable bonds is 2. The van der Waals surface area contributed by atoms with Crippen molar-refractivity contribution < 1.29 is 19.1 Å². The van der Waals surface area contributed by atoms with Crippen molar-refractivity contribution in [1.29, 1.82) is 0 Å². The Morgan fingerprint density at radius 3 is 2.48 bits per heavy atom. The first-order valence-electron chi connectivity index (χ1n) is 5.86. The van der Waals surface area contributed by atoms with Crippen LogP contribution in [-0.2, 0) is 0 Å². The average molecular weight is 351 g/mol. The van der Waals surface area contributed by atoms with Gasteiger partial charge in [-0.2, -0.15) is 4.98 Å². The van der Waals surface area contributed by atoms with E-state index in [1.807, 2.05) is 0 Å². The summed E-state index contributed by atoms with van der Waals surface area (Å²) in [5.41, 5.74) is 0.589. The molecule has 7 heteroatoms. The Morgan fingerprint density at radius 1 is 1.10 bits per heavy atom. The minimum absolute atomic E-state index is 0.0268. The highest BCUT2D eigenvalue weighted by molar-refractivity contribution is 9.10. The van der Waals surface area contributed by atoms with Gasteiger partial charge in [0.2, 0.25) is 5.82 Å². The van der Waals surface area contributed by atoms with Gasteiger partial charge in [-0.1, -0.05) is 11.2 Å². The maximum absolute atomic E-state index is 13.2. The van der Waals surface area contributed by atoms with Crippen molar-refractivity contribution in [2.75, 3.05) is 0 Å². The van der Waals surface area contributed by atoms with Crippen LogP contribution in [0.1, 0.15) is 0 Å². The van der Waals surface area contributed by atoms with Crippen LogP contribution in [0.3, 0.4) is 0 Å². The van der Waals surface area contributed by atoms with E-state index in [0.717, 1.165) is 0 Å². The summed E-state index contributed by atoms with van der Waals surface area (Å²) >= 11 is 3.08. The molecule has 0 saturated heterocycles. The first kappa shape index (κ1) is 13.6. The van der Waals surface area contributed by atoms with Crippen molar-refractivity contribution >= 4 is 15.9 Å². The van der Waals surface area contributed by atoms with Crippen molar-refractivity contribution in [2.24, 2.45) is 0 Å². The molecule has 0 amide bonds. The van der Waals surface area contributed by atoms with E-state index < -0.39 is 5.82 Å². The molecule has 0 fully saturated rings. The lowest BCUT2D eigenvalue weighted by Crippen LogP contribution is -1.84. The summed E-state index contributed by atoms with van der Waals surface area (Å²) in [6.07, 6.45) is 0. The molecule has 0 aliphatic heterocycles. The standard InChI is InChI=1S/C14H8BrFN2O3/c15-8-6-7(4-5-9(8)16)13-17-14(21-18-13)12-10(19)2-1-3-11(12)20/h1-6,19-20H. The number of aromatic nitrogens is 2. The summed E-state index contributed by atoms with van der Waals surface area (Å²) in [6.45, 7) is 0. The molecule has 2 aromatic carbocycles. The van der Waals surface area contributed by atoms with Crippen LogP contribution in [-0.4, -0.2) is 20.4 Å². The van der Waals surface area contributed by atoms with Crippen molar-refractivity contribution in [3.05, 3.63) is 46.7 Å². The number of hydrogen-bond donors (Lipinski definition) is 2. The van der Waals surface area contributed by atoms with Crippen molar-refractivity contribution in [2.45, 2.75) is 0 Å². The molecule has 1 aromatic heterocycles. The van der Waals surface area contributed by atoms with Gasteiger partial charge in [0.25, 0.3) is 5.89 Å². The summed E-state index contributed by atoms with van der Waals surface area (Å²) in [5.74, 6) is -0.564. The van der Waals surface area contributed by atoms with Crippen LogP contribution < -0.4 is 0 Å². The molecule has 0 unspecified atom stereocenters. The van der Waals surface area contributed by atoms with Crippen LogP contribution in [0.4, 0.5) is 4.39 Å². The molecular weight excluding hydrogens is 343 g/mol. The van der Waals surface area contributed by atoms with Crippen LogP contribution >= 0.6 is 15.9 Å². The van der Waals surface area contributed by atoms with E-state index in [1.54, 1.807) is 0 Å². The first-order valence-corrected chi connectivity index (χ1v) is 6.66. The van der Waals surface area contributed by atoms with E-state index in [-0.39, 0.29) is 33.3 Å². The minimum Gasteiger partial charge on any atom is -0.507 e. The van der Waals surface area contributed by atoms with Gasteiger partial charge in [-0.05, 0) is 46.3 Å². The number of benzene rings is 2. The topological polar surface area (TPSA) is 79.4 Å². The maximum Gasteiger partial charge on any atom is 0.265 e. The summed E-state index contributed by atoms with van der Waals surface area (Å²) in [5, 5.41) is 23.3. The Balaban J connectivity index is 2.06. The molecule has 0 aliphatic carbocycles. The Hall–Kier alpha value is -2.41. The highest BCUT2D eigenvalue weighted by Gasteiger charge is 2.18. The fourth-order valence-electron chi connectivity index (χ4n) is 1.82. The van der Waals surface area contributed by atoms with E-state index in [2.05, 4.69) is 26.1 Å². The fraction of sp³-hybridized carbons (Fsp3) is 0. The van der Waals surface area contributed by atoms with Gasteiger partial charge >= 0.3 is 0 Å². The number of halogens is 2. The molecule has 21 heavy (non-hydrogen) atoms. The molecule has 0 spiro atoms. The summed E-state index contributed by atoms with van der Waals surface area (Å²) in [7, 11) is 0. The van der Waals surface area contributed by atoms with Gasteiger partial charge in [-0.15, -0.1) is 0 Å². The maximum atomic E-state index is 13.2. The highest BCUT2D eigenvalue weighted by Crippen LogP contribution is 2.36. The Morgan fingerprint density at radius 2 is 1.81 bits per heavy atom. The van der Waals surface area contributed by atoms with Gasteiger partial charge in [0, 0.05) is 5.56 Å². The third-order valence-electron chi connectivity index (χ3n) is 2.84. The zero-order chi connectivity index (χ0) is 15.0. The van der Waals surface area contributed by atoms with Gasteiger partial charge in [-0.3, -0.25) is 0 Å². The second-order valence-corrected chi connectivity index (χ2v) is 5.08. The lowest BCUT2D eigenvalue weighted by atomic mass is 10.1. The predicted molar refractivity (Wildman–Crippen MR) is 76.2 cm³/mol. The average Bonchev–Trinajstić information content (AvgIpc) is 2.91. The van der Waals surface area contributed by atoms with Gasteiger partial charge < -0.3 is 14.7 Å². The molecule has 1 heterocycles. The summed E-state index contributed by atoms with van der Waals surface area (Å²) < 4.78 is 18.5. The predicted octanol–water partition coefficient (Wildman–Crippen LogP) is 3.72. The molecule has 106 valence electrons. The van der Waals surface area contributed by atoms with Gasteiger partial charge in [0.15, 0.2) is 0 Å². The smallest absolute Gasteiger partial charge is 0.265 e. The largest absolute Gasteiger partial charge is 0.507 e. The molecule has 0 radical (unpaired) electrons. The van der Waals surface area contributed by atoms with Crippen LogP contribution in [0.5, 0.6) is 11.5 Å². The van der Waals surface area contributed by atoms with E-state index in [9.17, 15) is 14.6 Å². The number of aromatic hydroxyl groups is 2. The van der Waals surface area contributed by atoms with Gasteiger partial charge in [0.1, 0.15) is 22.9 Å². The second-order valence-electron chi connectivity index (χ2n) is 4.22. The Bertz CT molecular complexity index is 799. The lowest BCUT2D eigenvalue weighted by molar-refractivity contribution is 0.416. The Kier molecular flexibility index (Phi) is 3.34. The fourth-order valence-corrected chi connectivity index (χ4v) is 2.20. The second kappa shape index (κ2) is 5.17. The number of hydrogen-bond acceptors (Lipinski definition) is 5. The minimum atomic E-state index is -0.402. The van der Waals surface area contributed by atoms with Crippen LogP contribution in [0.15, 0.2) is 45.4 Å². The summed E-state index contributed by atoms with van der Waals surface area (Å²) in [4.78, 5) is 4.10.